The highest BCUT2D eigenvalue weighted by Gasteiger charge is 2.21. The molecule has 142 valence electrons. The molecule has 1 amide bonds. The summed E-state index contributed by atoms with van der Waals surface area (Å²) in [6.45, 7) is 5.05. The molecule has 0 atom stereocenters. The van der Waals surface area contributed by atoms with Gasteiger partial charge in [-0.1, -0.05) is 0 Å². The zero-order chi connectivity index (χ0) is 19.0. The van der Waals surface area contributed by atoms with E-state index in [-0.39, 0.29) is 5.91 Å². The number of rotatable bonds is 4. The summed E-state index contributed by atoms with van der Waals surface area (Å²) in [5.74, 6) is 0.0781. The van der Waals surface area contributed by atoms with E-state index in [1.807, 2.05) is 37.2 Å². The summed E-state index contributed by atoms with van der Waals surface area (Å²) in [5.41, 5.74) is 3.03. The minimum absolute atomic E-state index is 0.0781. The Balaban J connectivity index is 1.72. The highest BCUT2D eigenvalue weighted by atomic mass is 16.2. The van der Waals surface area contributed by atoms with Crippen molar-refractivity contribution in [3.63, 3.8) is 0 Å². The largest absolute Gasteiger partial charge is 0.336 e. The Kier molecular flexibility index (Phi) is 4.75. The van der Waals surface area contributed by atoms with Crippen LogP contribution >= 0.6 is 0 Å². The summed E-state index contributed by atoms with van der Waals surface area (Å²) in [4.78, 5) is 23.7. The van der Waals surface area contributed by atoms with Crippen LogP contribution in [0.1, 0.15) is 10.4 Å². The van der Waals surface area contributed by atoms with Gasteiger partial charge in [-0.05, 0) is 39.3 Å². The van der Waals surface area contributed by atoms with Gasteiger partial charge in [0, 0.05) is 50.2 Å². The number of fused-ring (bicyclic) bond motifs is 3. The lowest BCUT2D eigenvalue weighted by Gasteiger charge is -2.32. The van der Waals surface area contributed by atoms with Crippen LogP contribution in [0.15, 0.2) is 24.5 Å². The molecule has 3 heterocycles. The van der Waals surface area contributed by atoms with Crippen molar-refractivity contribution in [2.45, 2.75) is 6.54 Å². The summed E-state index contributed by atoms with van der Waals surface area (Å²) in [5, 5.41) is 9.43. The highest BCUT2D eigenvalue weighted by molar-refractivity contribution is 6.05. The van der Waals surface area contributed by atoms with Crippen LogP contribution in [0.4, 0.5) is 0 Å². The van der Waals surface area contributed by atoms with E-state index >= 15 is 0 Å². The minimum Gasteiger partial charge on any atom is -0.336 e. The van der Waals surface area contributed by atoms with Crippen molar-refractivity contribution in [1.82, 2.24) is 34.4 Å². The number of likely N-dealkylation sites (N-methyl/N-ethyl adjacent to an activating group) is 2. The third-order valence-corrected chi connectivity index (χ3v) is 5.15. The molecule has 1 aromatic carbocycles. The third kappa shape index (κ3) is 3.50. The monoisotopic (exact) mass is 367 g/mol. The number of benzene rings is 1. The van der Waals surface area contributed by atoms with Crippen molar-refractivity contribution in [3.8, 4) is 0 Å². The Morgan fingerprint density at radius 1 is 1.15 bits per heavy atom. The van der Waals surface area contributed by atoms with E-state index in [0.29, 0.717) is 11.2 Å². The molecule has 8 nitrogen and oxygen atoms in total. The first-order chi connectivity index (χ1) is 13.0. The van der Waals surface area contributed by atoms with Crippen molar-refractivity contribution in [2.24, 2.45) is 0 Å². The smallest absolute Gasteiger partial charge is 0.253 e. The first-order valence-electron chi connectivity index (χ1n) is 9.27. The Morgan fingerprint density at radius 2 is 1.93 bits per heavy atom. The molecule has 4 rings (SSSR count). The summed E-state index contributed by atoms with van der Waals surface area (Å²) >= 11 is 0. The fourth-order valence-electron chi connectivity index (χ4n) is 3.44. The summed E-state index contributed by atoms with van der Waals surface area (Å²) in [6.07, 6.45) is 1.80. The van der Waals surface area contributed by atoms with Crippen LogP contribution in [-0.4, -0.2) is 94.2 Å². The molecule has 0 aliphatic carbocycles. The van der Waals surface area contributed by atoms with Gasteiger partial charge in [0.05, 0.1) is 17.4 Å². The maximum absolute atomic E-state index is 13.0. The lowest BCUT2D eigenvalue weighted by atomic mass is 10.1. The molecule has 0 radical (unpaired) electrons. The molecule has 27 heavy (non-hydrogen) atoms. The SMILES string of the molecule is CN(C)CCn1cnc2nnc3ccc(C(=O)N4CCN(C)CC4)cc3c21. The number of hydrogen-bond donors (Lipinski definition) is 0. The molecule has 0 spiro atoms. The highest BCUT2D eigenvalue weighted by Crippen LogP contribution is 2.23. The van der Waals surface area contributed by atoms with Crippen LogP contribution < -0.4 is 0 Å². The van der Waals surface area contributed by atoms with E-state index in [2.05, 4.69) is 36.6 Å². The number of carbonyl (C=O) groups is 1. The molecular formula is C19H25N7O. The molecule has 2 aromatic heterocycles. The Morgan fingerprint density at radius 3 is 2.67 bits per heavy atom. The first-order valence-corrected chi connectivity index (χ1v) is 9.27. The van der Waals surface area contributed by atoms with Crippen LogP contribution in [0.3, 0.4) is 0 Å². The van der Waals surface area contributed by atoms with Crippen molar-refractivity contribution in [2.75, 3.05) is 53.9 Å². The fraction of sp³-hybridized carbons (Fsp3) is 0.474. The van der Waals surface area contributed by atoms with E-state index in [9.17, 15) is 4.79 Å². The van der Waals surface area contributed by atoms with Gasteiger partial charge in [0.1, 0.15) is 0 Å². The molecule has 1 aliphatic heterocycles. The Labute approximate surface area is 158 Å². The van der Waals surface area contributed by atoms with E-state index < -0.39 is 0 Å². The maximum Gasteiger partial charge on any atom is 0.253 e. The van der Waals surface area contributed by atoms with Gasteiger partial charge in [-0.25, -0.2) is 4.98 Å². The maximum atomic E-state index is 13.0. The fourth-order valence-corrected chi connectivity index (χ4v) is 3.44. The van der Waals surface area contributed by atoms with Crippen molar-refractivity contribution < 1.29 is 4.79 Å². The molecule has 1 saturated heterocycles. The third-order valence-electron chi connectivity index (χ3n) is 5.15. The minimum atomic E-state index is 0.0781. The lowest BCUT2D eigenvalue weighted by Crippen LogP contribution is -2.47. The van der Waals surface area contributed by atoms with Crippen LogP contribution in [0.2, 0.25) is 0 Å². The first kappa shape index (κ1) is 17.8. The average molecular weight is 367 g/mol. The summed E-state index contributed by atoms with van der Waals surface area (Å²) in [7, 11) is 6.18. The second-order valence-corrected chi connectivity index (χ2v) is 7.44. The van der Waals surface area contributed by atoms with E-state index in [4.69, 9.17) is 0 Å². The Hall–Kier alpha value is -2.58. The van der Waals surface area contributed by atoms with Gasteiger partial charge in [0.2, 0.25) is 5.65 Å². The van der Waals surface area contributed by atoms with Crippen molar-refractivity contribution in [1.29, 1.82) is 0 Å². The second-order valence-electron chi connectivity index (χ2n) is 7.44. The number of amides is 1. The number of piperazine rings is 1. The van der Waals surface area contributed by atoms with Gasteiger partial charge in [-0.2, -0.15) is 0 Å². The van der Waals surface area contributed by atoms with Crippen LogP contribution in [0.5, 0.6) is 0 Å². The number of nitrogens with zero attached hydrogens (tertiary/aromatic N) is 7. The van der Waals surface area contributed by atoms with Gasteiger partial charge >= 0.3 is 0 Å². The van der Waals surface area contributed by atoms with E-state index in [0.717, 1.165) is 55.7 Å². The van der Waals surface area contributed by atoms with Crippen molar-refractivity contribution >= 4 is 28.0 Å². The van der Waals surface area contributed by atoms with Crippen LogP contribution in [0, 0.1) is 0 Å². The number of aromatic nitrogens is 4. The molecule has 0 unspecified atom stereocenters. The zero-order valence-corrected chi connectivity index (χ0v) is 16.1. The van der Waals surface area contributed by atoms with Gasteiger partial charge in [-0.15, -0.1) is 10.2 Å². The molecule has 3 aromatic rings. The van der Waals surface area contributed by atoms with Crippen molar-refractivity contribution in [3.05, 3.63) is 30.1 Å². The molecule has 8 heteroatoms. The van der Waals surface area contributed by atoms with Crippen LogP contribution in [0.25, 0.3) is 22.1 Å². The van der Waals surface area contributed by atoms with E-state index in [1.54, 1.807) is 6.33 Å². The second kappa shape index (κ2) is 7.21. The van der Waals surface area contributed by atoms with Gasteiger partial charge in [0.25, 0.3) is 5.91 Å². The Bertz CT molecular complexity index is 973. The predicted molar refractivity (Wildman–Crippen MR) is 105 cm³/mol. The van der Waals surface area contributed by atoms with Gasteiger partial charge < -0.3 is 19.3 Å². The summed E-state index contributed by atoms with van der Waals surface area (Å²) in [6, 6.07) is 5.68. The topological polar surface area (TPSA) is 70.4 Å². The number of hydrogen-bond acceptors (Lipinski definition) is 6. The molecule has 0 saturated carbocycles. The molecule has 1 aliphatic rings. The molecule has 1 fully saturated rings. The number of imidazole rings is 1. The molecule has 0 N–H and O–H groups in total. The average Bonchev–Trinajstić information content (AvgIpc) is 3.09. The summed E-state index contributed by atoms with van der Waals surface area (Å²) < 4.78 is 2.09. The lowest BCUT2D eigenvalue weighted by molar-refractivity contribution is 0.0664. The number of carbonyl (C=O) groups excluding carboxylic acids is 1. The quantitative estimate of drug-likeness (QED) is 0.683. The van der Waals surface area contributed by atoms with Gasteiger partial charge in [0.15, 0.2) is 0 Å². The zero-order valence-electron chi connectivity index (χ0n) is 16.1. The molecular weight excluding hydrogens is 342 g/mol. The molecule has 0 bridgehead atoms. The van der Waals surface area contributed by atoms with Gasteiger partial charge in [-0.3, -0.25) is 4.79 Å². The normalized spacial score (nSPS) is 15.9. The van der Waals surface area contributed by atoms with Crippen LogP contribution in [-0.2, 0) is 6.54 Å². The van der Waals surface area contributed by atoms with E-state index in [1.165, 1.54) is 0 Å². The standard InChI is InChI=1S/C19H25N7O/c1-23(2)6-9-26-13-20-18-17(26)15-12-14(4-5-16(15)21-22-18)19(27)25-10-7-24(3)8-11-25/h4-5,12-13H,6-11H2,1-3H3. The predicted octanol–water partition coefficient (Wildman–Crippen LogP) is 0.929.